The first-order chi connectivity index (χ1) is 15.3. The summed E-state index contributed by atoms with van der Waals surface area (Å²) in [6.45, 7) is 2.66. The van der Waals surface area contributed by atoms with Gasteiger partial charge in [-0.2, -0.15) is 0 Å². The number of rotatable bonds is 4. The molecule has 156 valence electrons. The van der Waals surface area contributed by atoms with Crippen molar-refractivity contribution >= 4 is 11.7 Å². The molecule has 1 atom stereocenters. The van der Waals surface area contributed by atoms with Gasteiger partial charge in [0, 0.05) is 37.7 Å². The van der Waals surface area contributed by atoms with Gasteiger partial charge in [0.25, 0.3) is 5.91 Å². The van der Waals surface area contributed by atoms with Gasteiger partial charge in [-0.25, -0.2) is 4.98 Å². The number of benzene rings is 2. The molecule has 1 saturated heterocycles. The summed E-state index contributed by atoms with van der Waals surface area (Å²) in [5.74, 6) is 2.02. The average molecular weight is 410 g/mol. The van der Waals surface area contributed by atoms with E-state index >= 15 is 0 Å². The van der Waals surface area contributed by atoms with Crippen LogP contribution >= 0.6 is 0 Å². The Hall–Kier alpha value is -3.14. The Morgan fingerprint density at radius 1 is 0.903 bits per heavy atom. The minimum atomic E-state index is -0.00184. The summed E-state index contributed by atoms with van der Waals surface area (Å²) in [6.07, 6.45) is 5.21. The van der Waals surface area contributed by atoms with Gasteiger partial charge in [-0.15, -0.1) is 0 Å². The smallest absolute Gasteiger partial charge is 0.255 e. The summed E-state index contributed by atoms with van der Waals surface area (Å²) in [6, 6.07) is 21.5. The van der Waals surface area contributed by atoms with Crippen LogP contribution in [0.15, 0.2) is 66.9 Å². The summed E-state index contributed by atoms with van der Waals surface area (Å²) in [4.78, 5) is 20.0. The van der Waals surface area contributed by atoms with Crippen molar-refractivity contribution in [3.63, 3.8) is 0 Å². The number of anilines is 1. The number of pyridine rings is 1. The van der Waals surface area contributed by atoms with Gasteiger partial charge in [-0.1, -0.05) is 48.5 Å². The van der Waals surface area contributed by atoms with Crippen LogP contribution in [0.4, 0.5) is 5.82 Å². The molecule has 0 spiro atoms. The van der Waals surface area contributed by atoms with Crippen molar-refractivity contribution < 1.29 is 4.79 Å². The van der Waals surface area contributed by atoms with Crippen LogP contribution < -0.4 is 10.2 Å². The molecule has 3 aromatic rings. The molecular formula is C27H27N3O. The quantitative estimate of drug-likeness (QED) is 0.679. The van der Waals surface area contributed by atoms with E-state index in [-0.39, 0.29) is 5.91 Å². The number of fused-ring (bicyclic) bond motifs is 1. The molecule has 1 amide bonds. The van der Waals surface area contributed by atoms with Crippen molar-refractivity contribution in [1.29, 1.82) is 0 Å². The monoisotopic (exact) mass is 409 g/mol. The normalized spacial score (nSPS) is 23.4. The maximum Gasteiger partial charge on any atom is 0.255 e. The number of nitrogens with one attached hydrogen (secondary N) is 1. The van der Waals surface area contributed by atoms with E-state index in [2.05, 4.69) is 63.7 Å². The zero-order valence-corrected chi connectivity index (χ0v) is 17.6. The third kappa shape index (κ3) is 3.04. The fourth-order valence-corrected chi connectivity index (χ4v) is 6.03. The molecule has 2 aromatic carbocycles. The first-order valence-electron chi connectivity index (χ1n) is 11.5. The molecule has 4 aliphatic rings. The second-order valence-corrected chi connectivity index (χ2v) is 9.06. The third-order valence-electron chi connectivity index (χ3n) is 7.38. The number of hydrogen-bond donors (Lipinski definition) is 1. The molecule has 0 saturated carbocycles. The first kappa shape index (κ1) is 18.6. The Bertz CT molecular complexity index is 1090. The van der Waals surface area contributed by atoms with Crippen LogP contribution in [0.5, 0.6) is 0 Å². The van der Waals surface area contributed by atoms with Gasteiger partial charge in [0.05, 0.1) is 5.56 Å². The molecular weight excluding hydrogens is 382 g/mol. The van der Waals surface area contributed by atoms with Gasteiger partial charge < -0.3 is 10.2 Å². The zero-order valence-electron chi connectivity index (χ0n) is 17.6. The summed E-state index contributed by atoms with van der Waals surface area (Å²) in [5, 5.41) is 3.27. The number of nitrogens with zero attached hydrogens (tertiary/aromatic N) is 2. The van der Waals surface area contributed by atoms with E-state index < -0.39 is 0 Å². The van der Waals surface area contributed by atoms with Crippen LogP contribution in [0.1, 0.15) is 63.7 Å². The zero-order chi connectivity index (χ0) is 20.8. The summed E-state index contributed by atoms with van der Waals surface area (Å²) in [7, 11) is 0. The fourth-order valence-electron chi connectivity index (χ4n) is 6.03. The van der Waals surface area contributed by atoms with Crippen molar-refractivity contribution in [3.8, 4) is 0 Å². The third-order valence-corrected chi connectivity index (χ3v) is 7.38. The lowest BCUT2D eigenvalue weighted by Crippen LogP contribution is -2.39. The van der Waals surface area contributed by atoms with E-state index in [1.165, 1.54) is 35.1 Å². The minimum absolute atomic E-state index is 0.00184. The predicted molar refractivity (Wildman–Crippen MR) is 123 cm³/mol. The van der Waals surface area contributed by atoms with Crippen LogP contribution in [-0.2, 0) is 0 Å². The van der Waals surface area contributed by atoms with Crippen molar-refractivity contribution in [2.24, 2.45) is 5.92 Å². The molecule has 4 heteroatoms. The summed E-state index contributed by atoms with van der Waals surface area (Å²) < 4.78 is 0. The Balaban J connectivity index is 1.26. The van der Waals surface area contributed by atoms with Crippen LogP contribution in [0.3, 0.4) is 0 Å². The van der Waals surface area contributed by atoms with E-state index in [9.17, 15) is 4.79 Å². The van der Waals surface area contributed by atoms with E-state index in [0.717, 1.165) is 25.3 Å². The number of amides is 1. The molecule has 4 nitrogen and oxygen atoms in total. The molecule has 1 unspecified atom stereocenters. The second-order valence-electron chi connectivity index (χ2n) is 9.06. The lowest BCUT2D eigenvalue weighted by molar-refractivity contribution is 0.0943. The van der Waals surface area contributed by atoms with Gasteiger partial charge in [-0.05, 0) is 59.6 Å². The minimum Gasteiger partial charge on any atom is -0.356 e. The van der Waals surface area contributed by atoms with Gasteiger partial charge >= 0.3 is 0 Å². The van der Waals surface area contributed by atoms with Gasteiger partial charge in [0.15, 0.2) is 0 Å². The Labute approximate surface area is 183 Å². The molecule has 7 rings (SSSR count). The fraction of sp³-hybridized carbons (Fsp3) is 0.333. The van der Waals surface area contributed by atoms with Crippen LogP contribution in [0, 0.1) is 5.92 Å². The predicted octanol–water partition coefficient (Wildman–Crippen LogP) is 4.71. The lowest BCUT2D eigenvalue weighted by Gasteiger charge is -2.45. The number of aromatic nitrogens is 1. The van der Waals surface area contributed by atoms with Gasteiger partial charge in [0.2, 0.25) is 0 Å². The molecule has 1 fully saturated rings. The largest absolute Gasteiger partial charge is 0.356 e. The topological polar surface area (TPSA) is 45.2 Å². The highest BCUT2D eigenvalue weighted by Gasteiger charge is 2.43. The second kappa shape index (κ2) is 7.52. The number of carbonyl (C=O) groups excluding carboxylic acids is 1. The van der Waals surface area contributed by atoms with Crippen LogP contribution in [0.2, 0.25) is 0 Å². The molecule has 2 heterocycles. The lowest BCUT2D eigenvalue weighted by atomic mass is 9.59. The van der Waals surface area contributed by atoms with E-state index in [4.69, 9.17) is 0 Å². The van der Waals surface area contributed by atoms with E-state index in [1.807, 2.05) is 12.1 Å². The molecule has 1 aromatic heterocycles. The number of carbonyl (C=O) groups is 1. The Morgan fingerprint density at radius 3 is 2.23 bits per heavy atom. The molecule has 31 heavy (non-hydrogen) atoms. The standard InChI is InChI=1S/C27H27N3O/c31-27(23-12-7-13-28-26(23)30-14-5-6-15-30)29-17-18-16-24-19-8-1-3-10-21(19)25(18)22-11-4-2-9-20(22)24/h1-4,7-13,18,24-25H,5-6,14-17H2,(H,29,31). The van der Waals surface area contributed by atoms with Crippen LogP contribution in [0.25, 0.3) is 0 Å². The molecule has 1 N–H and O–H groups in total. The van der Waals surface area contributed by atoms with Crippen molar-refractivity contribution in [2.75, 3.05) is 24.5 Å². The summed E-state index contributed by atoms with van der Waals surface area (Å²) >= 11 is 0. The van der Waals surface area contributed by atoms with Crippen molar-refractivity contribution in [3.05, 3.63) is 94.7 Å². The van der Waals surface area contributed by atoms with Crippen LogP contribution in [-0.4, -0.2) is 30.5 Å². The van der Waals surface area contributed by atoms with Gasteiger partial charge in [-0.3, -0.25) is 4.79 Å². The average Bonchev–Trinajstić information content (AvgIpc) is 3.38. The highest BCUT2D eigenvalue weighted by atomic mass is 16.1. The highest BCUT2D eigenvalue weighted by molar-refractivity contribution is 5.98. The molecule has 2 bridgehead atoms. The molecule has 3 aliphatic carbocycles. The van der Waals surface area contributed by atoms with Crippen molar-refractivity contribution in [2.45, 2.75) is 31.1 Å². The van der Waals surface area contributed by atoms with E-state index in [1.54, 1.807) is 6.20 Å². The van der Waals surface area contributed by atoms with E-state index in [0.29, 0.717) is 29.9 Å². The Kier molecular flexibility index (Phi) is 4.52. The number of hydrogen-bond acceptors (Lipinski definition) is 3. The SMILES string of the molecule is O=C(NCC1CC2c3ccccc3C1c1ccccc12)c1cccnc1N1CCCC1. The molecule has 0 radical (unpaired) electrons. The highest BCUT2D eigenvalue weighted by Crippen LogP contribution is 2.55. The first-order valence-corrected chi connectivity index (χ1v) is 11.5. The maximum absolute atomic E-state index is 13.2. The molecule has 1 aliphatic heterocycles. The summed E-state index contributed by atoms with van der Waals surface area (Å²) in [5.41, 5.74) is 6.52. The maximum atomic E-state index is 13.2. The Morgan fingerprint density at radius 2 is 1.55 bits per heavy atom. The van der Waals surface area contributed by atoms with Gasteiger partial charge in [0.1, 0.15) is 5.82 Å². The van der Waals surface area contributed by atoms with Crippen molar-refractivity contribution in [1.82, 2.24) is 10.3 Å².